The van der Waals surface area contributed by atoms with Gasteiger partial charge in [0.1, 0.15) is 17.9 Å². The summed E-state index contributed by atoms with van der Waals surface area (Å²) in [5.41, 5.74) is 4.85. The molecule has 162 valence electrons. The fraction of sp³-hybridized carbons (Fsp3) is 0.0435. The first-order valence-corrected chi connectivity index (χ1v) is 12.0. The number of furan rings is 1. The van der Waals surface area contributed by atoms with Gasteiger partial charge in [0, 0.05) is 14.9 Å². The Morgan fingerprint density at radius 3 is 2.47 bits per heavy atom. The minimum absolute atomic E-state index is 0.151. The van der Waals surface area contributed by atoms with Crippen molar-refractivity contribution in [2.45, 2.75) is 6.61 Å². The molecule has 1 amide bonds. The van der Waals surface area contributed by atoms with E-state index >= 15 is 0 Å². The Morgan fingerprint density at radius 1 is 1.03 bits per heavy atom. The second-order valence-corrected chi connectivity index (χ2v) is 9.78. The smallest absolute Gasteiger partial charge is 0.307 e. The van der Waals surface area contributed by atoms with E-state index in [4.69, 9.17) is 20.8 Å². The van der Waals surface area contributed by atoms with Gasteiger partial charge in [0.05, 0.1) is 15.2 Å². The lowest BCUT2D eigenvalue weighted by atomic mass is 10.2. The molecule has 0 bridgehead atoms. The number of halogens is 4. The van der Waals surface area contributed by atoms with Gasteiger partial charge in [-0.15, -0.1) is 0 Å². The Morgan fingerprint density at radius 2 is 1.75 bits per heavy atom. The molecule has 1 N–H and O–H groups in total. The molecular weight excluding hydrogens is 627 g/mol. The Kier molecular flexibility index (Phi) is 7.35. The molecule has 0 saturated carbocycles. The average Bonchev–Trinajstić information content (AvgIpc) is 3.18. The zero-order valence-corrected chi connectivity index (χ0v) is 21.8. The summed E-state index contributed by atoms with van der Waals surface area (Å²) in [4.78, 5) is 12.3. The van der Waals surface area contributed by atoms with E-state index in [0.717, 1.165) is 29.9 Å². The van der Waals surface area contributed by atoms with E-state index < -0.39 is 5.91 Å². The Labute approximate surface area is 214 Å². The SMILES string of the molecule is O=C(N/N=C/c1cc(Br)c(OCc2ccc(Br)cc2)c(Br)c1)c1cc2cc(Cl)ccc2o1. The molecule has 9 heteroatoms. The normalized spacial score (nSPS) is 11.2. The molecule has 0 unspecified atom stereocenters. The second-order valence-electron chi connectivity index (χ2n) is 6.72. The number of hydrogen-bond acceptors (Lipinski definition) is 4. The summed E-state index contributed by atoms with van der Waals surface area (Å²) in [5, 5.41) is 5.34. The van der Waals surface area contributed by atoms with E-state index in [9.17, 15) is 4.79 Å². The molecule has 0 saturated heterocycles. The second kappa shape index (κ2) is 10.2. The zero-order valence-electron chi connectivity index (χ0n) is 16.2. The molecule has 1 heterocycles. The first kappa shape index (κ1) is 23.0. The minimum atomic E-state index is -0.457. The molecule has 0 fully saturated rings. The largest absolute Gasteiger partial charge is 0.487 e. The van der Waals surface area contributed by atoms with Crippen LogP contribution >= 0.6 is 59.4 Å². The molecule has 0 aliphatic carbocycles. The molecule has 3 aromatic carbocycles. The lowest BCUT2D eigenvalue weighted by molar-refractivity contribution is 0.0929. The quantitative estimate of drug-likeness (QED) is 0.173. The molecule has 0 aliphatic heterocycles. The van der Waals surface area contributed by atoms with Crippen molar-refractivity contribution in [3.8, 4) is 5.75 Å². The highest BCUT2D eigenvalue weighted by molar-refractivity contribution is 9.11. The summed E-state index contributed by atoms with van der Waals surface area (Å²) in [6, 6.07) is 18.4. The number of nitrogens with zero attached hydrogens (tertiary/aromatic N) is 1. The van der Waals surface area contributed by atoms with E-state index in [1.54, 1.807) is 24.3 Å². The highest BCUT2D eigenvalue weighted by Crippen LogP contribution is 2.35. The maximum atomic E-state index is 12.3. The Bertz CT molecular complexity index is 1300. The van der Waals surface area contributed by atoms with Crippen LogP contribution in [0, 0.1) is 0 Å². The van der Waals surface area contributed by atoms with Crippen LogP contribution in [-0.4, -0.2) is 12.1 Å². The molecule has 5 nitrogen and oxygen atoms in total. The lowest BCUT2D eigenvalue weighted by Crippen LogP contribution is -2.16. The molecule has 0 radical (unpaired) electrons. The van der Waals surface area contributed by atoms with E-state index in [-0.39, 0.29) is 5.76 Å². The van der Waals surface area contributed by atoms with Crippen LogP contribution in [0.15, 0.2) is 83.6 Å². The van der Waals surface area contributed by atoms with Gasteiger partial charge in [-0.25, -0.2) is 5.43 Å². The number of ether oxygens (including phenoxy) is 1. The Hall–Kier alpha value is -2.13. The predicted molar refractivity (Wildman–Crippen MR) is 137 cm³/mol. The van der Waals surface area contributed by atoms with Crippen molar-refractivity contribution < 1.29 is 13.9 Å². The summed E-state index contributed by atoms with van der Waals surface area (Å²) >= 11 is 16.4. The average molecular weight is 642 g/mol. The maximum absolute atomic E-state index is 12.3. The molecule has 0 atom stereocenters. The molecule has 0 spiro atoms. The van der Waals surface area contributed by atoms with Crippen molar-refractivity contribution in [3.63, 3.8) is 0 Å². The van der Waals surface area contributed by atoms with Gasteiger partial charge in [-0.2, -0.15) is 5.10 Å². The molecule has 0 aliphatic rings. The molecule has 4 aromatic rings. The standard InChI is InChI=1S/C23H14Br3ClN2O3/c24-16-3-1-13(2-4-16)12-31-22-18(25)7-14(8-19(22)26)11-28-29-23(30)21-10-15-9-17(27)5-6-20(15)32-21/h1-11H,12H2,(H,29,30)/b28-11+. The van der Waals surface area contributed by atoms with Crippen molar-refractivity contribution in [2.75, 3.05) is 0 Å². The first-order chi connectivity index (χ1) is 15.4. The summed E-state index contributed by atoms with van der Waals surface area (Å²) < 4.78 is 14.0. The van der Waals surface area contributed by atoms with Crippen LogP contribution in [0.1, 0.15) is 21.7 Å². The van der Waals surface area contributed by atoms with E-state index in [1.807, 2.05) is 36.4 Å². The number of rotatable bonds is 6. The number of carbonyl (C=O) groups is 1. The highest BCUT2D eigenvalue weighted by Gasteiger charge is 2.12. The number of benzene rings is 3. The van der Waals surface area contributed by atoms with Crippen molar-refractivity contribution in [3.05, 3.63) is 96.0 Å². The summed E-state index contributed by atoms with van der Waals surface area (Å²) in [5.74, 6) is 0.370. The minimum Gasteiger partial charge on any atom is -0.487 e. The number of hydrogen-bond donors (Lipinski definition) is 1. The van der Waals surface area contributed by atoms with Crippen LogP contribution in [0.5, 0.6) is 5.75 Å². The van der Waals surface area contributed by atoms with Crippen LogP contribution in [0.25, 0.3) is 11.0 Å². The van der Waals surface area contributed by atoms with Gasteiger partial charge in [0.25, 0.3) is 0 Å². The van der Waals surface area contributed by atoms with Gasteiger partial charge in [-0.1, -0.05) is 39.7 Å². The number of fused-ring (bicyclic) bond motifs is 1. The Balaban J connectivity index is 1.41. The van der Waals surface area contributed by atoms with Gasteiger partial charge in [0.15, 0.2) is 5.76 Å². The van der Waals surface area contributed by atoms with E-state index in [2.05, 4.69) is 58.3 Å². The molecular formula is C23H14Br3ClN2O3. The number of hydrazone groups is 1. The summed E-state index contributed by atoms with van der Waals surface area (Å²) in [7, 11) is 0. The third kappa shape index (κ3) is 5.61. The van der Waals surface area contributed by atoms with Crippen molar-refractivity contribution in [1.82, 2.24) is 5.43 Å². The van der Waals surface area contributed by atoms with Gasteiger partial charge < -0.3 is 9.15 Å². The van der Waals surface area contributed by atoms with Gasteiger partial charge in [0.2, 0.25) is 0 Å². The molecule has 32 heavy (non-hydrogen) atoms. The van der Waals surface area contributed by atoms with Crippen LogP contribution in [0.4, 0.5) is 0 Å². The lowest BCUT2D eigenvalue weighted by Gasteiger charge is -2.11. The first-order valence-electron chi connectivity index (χ1n) is 9.28. The monoisotopic (exact) mass is 638 g/mol. The predicted octanol–water partition coefficient (Wildman–Crippen LogP) is 7.72. The van der Waals surface area contributed by atoms with Crippen LogP contribution in [-0.2, 0) is 6.61 Å². The highest BCUT2D eigenvalue weighted by atomic mass is 79.9. The van der Waals surface area contributed by atoms with Crippen LogP contribution in [0.3, 0.4) is 0 Å². The third-order valence-electron chi connectivity index (χ3n) is 4.40. The topological polar surface area (TPSA) is 63.8 Å². The number of nitrogens with one attached hydrogen (secondary N) is 1. The fourth-order valence-corrected chi connectivity index (χ4v) is 4.77. The van der Waals surface area contributed by atoms with Crippen molar-refractivity contribution in [1.29, 1.82) is 0 Å². The number of carbonyl (C=O) groups excluding carboxylic acids is 1. The molecule has 1 aromatic heterocycles. The third-order valence-corrected chi connectivity index (χ3v) is 6.34. The van der Waals surface area contributed by atoms with Crippen molar-refractivity contribution in [2.24, 2.45) is 5.10 Å². The van der Waals surface area contributed by atoms with Crippen LogP contribution in [0.2, 0.25) is 5.02 Å². The summed E-state index contributed by atoms with van der Waals surface area (Å²) in [6.07, 6.45) is 1.53. The zero-order chi connectivity index (χ0) is 22.7. The van der Waals surface area contributed by atoms with E-state index in [0.29, 0.717) is 23.0 Å². The van der Waals surface area contributed by atoms with Gasteiger partial charge in [-0.3, -0.25) is 4.79 Å². The maximum Gasteiger partial charge on any atom is 0.307 e. The number of amides is 1. The van der Waals surface area contributed by atoms with Crippen molar-refractivity contribution >= 4 is 82.5 Å². The molecule has 4 rings (SSSR count). The van der Waals surface area contributed by atoms with E-state index in [1.165, 1.54) is 6.21 Å². The van der Waals surface area contributed by atoms with Gasteiger partial charge >= 0.3 is 5.91 Å². The van der Waals surface area contributed by atoms with Crippen LogP contribution < -0.4 is 10.2 Å². The summed E-state index contributed by atoms with van der Waals surface area (Å²) in [6.45, 7) is 0.427. The fourth-order valence-electron chi connectivity index (χ4n) is 2.87. The van der Waals surface area contributed by atoms with Gasteiger partial charge in [-0.05, 0) is 91.5 Å².